The first-order valence-electron chi connectivity index (χ1n) is 13.4. The number of aryl methyl sites for hydroxylation is 3. The van der Waals surface area contributed by atoms with Crippen molar-refractivity contribution in [2.24, 2.45) is 5.92 Å². The zero-order chi connectivity index (χ0) is 25.8. The minimum absolute atomic E-state index is 0.0994. The number of carboxylic acid groups (broad SMARTS) is 1. The molecule has 0 aliphatic heterocycles. The summed E-state index contributed by atoms with van der Waals surface area (Å²) in [6, 6.07) is 12.1. The van der Waals surface area contributed by atoms with Crippen molar-refractivity contribution in [3.63, 3.8) is 0 Å². The van der Waals surface area contributed by atoms with Gasteiger partial charge in [0.05, 0.1) is 31.9 Å². The van der Waals surface area contributed by atoms with Gasteiger partial charge in [-0.2, -0.15) is 0 Å². The van der Waals surface area contributed by atoms with E-state index < -0.39 is 5.97 Å². The van der Waals surface area contributed by atoms with Crippen LogP contribution in [0.3, 0.4) is 0 Å². The molecule has 0 fully saturated rings. The van der Waals surface area contributed by atoms with Gasteiger partial charge in [-0.25, -0.2) is 4.98 Å². The molecule has 0 saturated carbocycles. The van der Waals surface area contributed by atoms with Crippen molar-refractivity contribution in [2.45, 2.75) is 64.2 Å². The van der Waals surface area contributed by atoms with E-state index in [1.807, 2.05) is 25.1 Å². The monoisotopic (exact) mass is 521 g/mol. The van der Waals surface area contributed by atoms with Crippen molar-refractivity contribution in [1.82, 2.24) is 4.98 Å². The topological polar surface area (TPSA) is 77.9 Å². The highest BCUT2D eigenvalue weighted by atomic mass is 32.1. The number of hydrogen-bond acceptors (Lipinski definition) is 6. The molecule has 0 saturated heterocycles. The second kappa shape index (κ2) is 11.5. The van der Waals surface area contributed by atoms with E-state index in [2.05, 4.69) is 18.2 Å². The number of carboxylic acids is 1. The Balaban J connectivity index is 1.13. The van der Waals surface area contributed by atoms with Gasteiger partial charge in [0.15, 0.2) is 11.5 Å². The second-order valence-electron chi connectivity index (χ2n) is 9.87. The third-order valence-corrected chi connectivity index (χ3v) is 8.76. The fraction of sp³-hybridized carbons (Fsp3) is 0.467. The standard InChI is InChI=1S/C30H35NO5S/c1-3-22(30(32)33)24-12-9-19-17-21(11-13-23(19)24)35-15-6-16-36-26-14-10-20(18-27(26)34-2)29-31-25-7-4-5-8-28(25)37-29/h10-11,13-14,17-18,22,24H,3-9,12,15-16H2,1-2H3,(H,32,33)/t22?,24-/m0/s1. The van der Waals surface area contributed by atoms with Crippen molar-refractivity contribution in [1.29, 1.82) is 0 Å². The molecular formula is C30H35NO5S. The summed E-state index contributed by atoms with van der Waals surface area (Å²) in [5.41, 5.74) is 4.71. The summed E-state index contributed by atoms with van der Waals surface area (Å²) in [6.45, 7) is 3.01. The molecule has 1 unspecified atom stereocenters. The van der Waals surface area contributed by atoms with Crippen LogP contribution in [0.2, 0.25) is 0 Å². The zero-order valence-corrected chi connectivity index (χ0v) is 22.4. The quantitative estimate of drug-likeness (QED) is 0.283. The Morgan fingerprint density at radius 1 is 1.08 bits per heavy atom. The third-order valence-electron chi connectivity index (χ3n) is 7.55. The Hall–Kier alpha value is -3.06. The minimum Gasteiger partial charge on any atom is -0.493 e. The molecule has 2 aromatic carbocycles. The maximum absolute atomic E-state index is 11.6. The first-order chi connectivity index (χ1) is 18.1. The highest BCUT2D eigenvalue weighted by molar-refractivity contribution is 7.15. The predicted molar refractivity (Wildman–Crippen MR) is 145 cm³/mol. The number of carbonyl (C=O) groups is 1. The Bertz CT molecular complexity index is 1230. The molecular weight excluding hydrogens is 486 g/mol. The lowest BCUT2D eigenvalue weighted by molar-refractivity contribution is -0.142. The van der Waals surface area contributed by atoms with Gasteiger partial charge >= 0.3 is 5.97 Å². The summed E-state index contributed by atoms with van der Waals surface area (Å²) >= 11 is 1.80. The van der Waals surface area contributed by atoms with Crippen LogP contribution in [0.1, 0.15) is 66.6 Å². The fourth-order valence-electron chi connectivity index (χ4n) is 5.59. The molecule has 3 aromatic rings. The number of hydrogen-bond donors (Lipinski definition) is 1. The Morgan fingerprint density at radius 3 is 2.70 bits per heavy atom. The van der Waals surface area contributed by atoms with Crippen molar-refractivity contribution < 1.29 is 24.1 Å². The first-order valence-corrected chi connectivity index (χ1v) is 14.2. The first kappa shape index (κ1) is 25.6. The van der Waals surface area contributed by atoms with E-state index >= 15 is 0 Å². The lowest BCUT2D eigenvalue weighted by atomic mass is 9.85. The van der Waals surface area contributed by atoms with E-state index in [9.17, 15) is 9.90 Å². The molecule has 0 amide bonds. The zero-order valence-electron chi connectivity index (χ0n) is 21.6. The van der Waals surface area contributed by atoms with E-state index in [0.717, 1.165) is 54.2 Å². The van der Waals surface area contributed by atoms with Gasteiger partial charge in [0.1, 0.15) is 10.8 Å². The normalized spacial score (nSPS) is 17.1. The molecule has 1 heterocycles. The van der Waals surface area contributed by atoms with Crippen LogP contribution in [-0.2, 0) is 24.1 Å². The van der Waals surface area contributed by atoms with Crippen molar-refractivity contribution in [3.8, 4) is 27.8 Å². The smallest absolute Gasteiger partial charge is 0.307 e. The maximum Gasteiger partial charge on any atom is 0.307 e. The van der Waals surface area contributed by atoms with E-state index in [4.69, 9.17) is 19.2 Å². The molecule has 0 radical (unpaired) electrons. The Labute approximate surface area is 222 Å². The largest absolute Gasteiger partial charge is 0.493 e. The Kier molecular flexibility index (Phi) is 7.99. The summed E-state index contributed by atoms with van der Waals surface area (Å²) < 4.78 is 17.6. The summed E-state index contributed by atoms with van der Waals surface area (Å²) in [5, 5.41) is 10.6. The summed E-state index contributed by atoms with van der Waals surface area (Å²) in [5.74, 6) is 1.35. The molecule has 1 aromatic heterocycles. The average Bonchev–Trinajstić information content (AvgIpc) is 3.53. The van der Waals surface area contributed by atoms with Crippen LogP contribution in [0, 0.1) is 5.92 Å². The maximum atomic E-state index is 11.6. The second-order valence-corrected chi connectivity index (χ2v) is 11.0. The summed E-state index contributed by atoms with van der Waals surface area (Å²) in [6.07, 6.45) is 7.90. The number of benzene rings is 2. The molecule has 196 valence electrons. The van der Waals surface area contributed by atoms with Gasteiger partial charge in [0.2, 0.25) is 0 Å². The molecule has 0 bridgehead atoms. The number of nitrogens with zero attached hydrogens (tertiary/aromatic N) is 1. The molecule has 0 spiro atoms. The lowest BCUT2D eigenvalue weighted by Gasteiger charge is -2.19. The van der Waals surface area contributed by atoms with Gasteiger partial charge in [-0.1, -0.05) is 13.0 Å². The highest BCUT2D eigenvalue weighted by Crippen LogP contribution is 2.41. The van der Waals surface area contributed by atoms with Gasteiger partial charge in [0.25, 0.3) is 0 Å². The number of thiazole rings is 1. The summed E-state index contributed by atoms with van der Waals surface area (Å²) in [7, 11) is 1.67. The van der Waals surface area contributed by atoms with Crippen molar-refractivity contribution >= 4 is 17.3 Å². The molecule has 37 heavy (non-hydrogen) atoms. The van der Waals surface area contributed by atoms with E-state index in [0.29, 0.717) is 25.4 Å². The van der Waals surface area contributed by atoms with Gasteiger partial charge in [0, 0.05) is 16.9 Å². The summed E-state index contributed by atoms with van der Waals surface area (Å²) in [4.78, 5) is 17.9. The van der Waals surface area contributed by atoms with Gasteiger partial charge in [-0.3, -0.25) is 4.79 Å². The lowest BCUT2D eigenvalue weighted by Crippen LogP contribution is -2.19. The molecule has 7 heteroatoms. The molecule has 6 nitrogen and oxygen atoms in total. The van der Waals surface area contributed by atoms with Gasteiger partial charge < -0.3 is 19.3 Å². The number of methoxy groups -OCH3 is 1. The van der Waals surface area contributed by atoms with E-state index in [1.54, 1.807) is 18.4 Å². The van der Waals surface area contributed by atoms with Crippen LogP contribution in [0.4, 0.5) is 0 Å². The van der Waals surface area contributed by atoms with Crippen LogP contribution in [-0.4, -0.2) is 36.4 Å². The molecule has 2 aliphatic rings. The van der Waals surface area contributed by atoms with E-state index in [1.165, 1.54) is 34.5 Å². The fourth-order valence-corrected chi connectivity index (χ4v) is 6.74. The number of rotatable bonds is 11. The number of aliphatic carboxylic acids is 1. The third kappa shape index (κ3) is 5.61. The van der Waals surface area contributed by atoms with Crippen LogP contribution in [0.5, 0.6) is 17.2 Å². The molecule has 1 N–H and O–H groups in total. The van der Waals surface area contributed by atoms with Crippen LogP contribution < -0.4 is 14.2 Å². The van der Waals surface area contributed by atoms with Gasteiger partial charge in [-0.05, 0) is 92.3 Å². The number of aromatic nitrogens is 1. The van der Waals surface area contributed by atoms with Crippen molar-refractivity contribution in [2.75, 3.05) is 20.3 Å². The number of fused-ring (bicyclic) bond motifs is 2. The highest BCUT2D eigenvalue weighted by Gasteiger charge is 2.33. The molecule has 5 rings (SSSR count). The number of ether oxygens (including phenoxy) is 3. The SMILES string of the molecule is CCC(C(=O)O)[C@@H]1CCc2cc(OCCCOc3ccc(-c4nc5c(s4)CCCC5)cc3OC)ccc21. The Morgan fingerprint density at radius 2 is 1.92 bits per heavy atom. The predicted octanol–water partition coefficient (Wildman–Crippen LogP) is 6.69. The van der Waals surface area contributed by atoms with Crippen LogP contribution in [0.15, 0.2) is 36.4 Å². The van der Waals surface area contributed by atoms with Crippen LogP contribution in [0.25, 0.3) is 10.6 Å². The molecule has 2 aliphatic carbocycles. The van der Waals surface area contributed by atoms with Crippen molar-refractivity contribution in [3.05, 3.63) is 58.1 Å². The van der Waals surface area contributed by atoms with Crippen LogP contribution >= 0.6 is 11.3 Å². The molecule has 2 atom stereocenters. The average molecular weight is 522 g/mol. The van der Waals surface area contributed by atoms with Gasteiger partial charge in [-0.15, -0.1) is 11.3 Å². The van der Waals surface area contributed by atoms with E-state index in [-0.39, 0.29) is 11.8 Å². The minimum atomic E-state index is -0.700.